The van der Waals surface area contributed by atoms with E-state index in [-0.39, 0.29) is 25.1 Å². The van der Waals surface area contributed by atoms with Gasteiger partial charge in [-0.1, -0.05) is 48.2 Å². The van der Waals surface area contributed by atoms with Crippen molar-refractivity contribution in [2.75, 3.05) is 6.54 Å². The molecule has 0 saturated carbocycles. The number of hydrogen-bond acceptors (Lipinski definition) is 4. The minimum Gasteiger partial charge on any atom is -0.445 e. The Morgan fingerprint density at radius 2 is 1.96 bits per heavy atom. The Kier molecular flexibility index (Phi) is 6.48. The van der Waals surface area contributed by atoms with Crippen LogP contribution in [0, 0.1) is 27.8 Å². The number of nitrogens with zero attached hydrogens (tertiary/aromatic N) is 1. The fourth-order valence-electron chi connectivity index (χ4n) is 1.96. The van der Waals surface area contributed by atoms with Crippen molar-refractivity contribution in [3.8, 4) is 11.8 Å². The SMILES string of the molecule is O=C(NCCC#Cc1cccc(F)c1[N+](=O)[O-])OCc1ccccc1. The summed E-state index contributed by atoms with van der Waals surface area (Å²) in [7, 11) is 0. The molecular weight excluding hydrogens is 327 g/mol. The normalized spacial score (nSPS) is 9.64. The maximum atomic E-state index is 13.4. The predicted octanol–water partition coefficient (Wildman–Crippen LogP) is 3.40. The highest BCUT2D eigenvalue weighted by Gasteiger charge is 2.17. The molecule has 0 aliphatic carbocycles. The Bertz CT molecular complexity index is 813. The summed E-state index contributed by atoms with van der Waals surface area (Å²) in [5, 5.41) is 13.4. The summed E-state index contributed by atoms with van der Waals surface area (Å²) in [5.41, 5.74) is 0.220. The number of amides is 1. The van der Waals surface area contributed by atoms with Crippen LogP contribution in [0.25, 0.3) is 0 Å². The van der Waals surface area contributed by atoms with E-state index in [0.717, 1.165) is 11.6 Å². The number of halogens is 1. The summed E-state index contributed by atoms with van der Waals surface area (Å²) in [6.45, 7) is 0.373. The van der Waals surface area contributed by atoms with Crippen LogP contribution < -0.4 is 5.32 Å². The Morgan fingerprint density at radius 1 is 1.20 bits per heavy atom. The van der Waals surface area contributed by atoms with Gasteiger partial charge in [-0.2, -0.15) is 4.39 Å². The van der Waals surface area contributed by atoms with Gasteiger partial charge in [-0.3, -0.25) is 10.1 Å². The molecule has 6 nitrogen and oxygen atoms in total. The Labute approximate surface area is 143 Å². The number of carbonyl (C=O) groups is 1. The summed E-state index contributed by atoms with van der Waals surface area (Å²) >= 11 is 0. The summed E-state index contributed by atoms with van der Waals surface area (Å²) in [6.07, 6.45) is -0.337. The van der Waals surface area contributed by atoms with Gasteiger partial charge in [0.15, 0.2) is 0 Å². The zero-order valence-corrected chi connectivity index (χ0v) is 13.2. The highest BCUT2D eigenvalue weighted by atomic mass is 19.1. The second kappa shape index (κ2) is 9.03. The number of alkyl carbamates (subject to hydrolysis) is 1. The number of nitrogens with one attached hydrogen (secondary N) is 1. The molecule has 2 rings (SSSR count). The molecule has 0 radical (unpaired) electrons. The monoisotopic (exact) mass is 342 g/mol. The lowest BCUT2D eigenvalue weighted by Gasteiger charge is -2.05. The van der Waals surface area contributed by atoms with Crippen molar-refractivity contribution >= 4 is 11.8 Å². The van der Waals surface area contributed by atoms with Gasteiger partial charge in [-0.05, 0) is 17.7 Å². The largest absolute Gasteiger partial charge is 0.445 e. The van der Waals surface area contributed by atoms with Crippen LogP contribution in [0.5, 0.6) is 0 Å². The van der Waals surface area contributed by atoms with Gasteiger partial charge in [0.1, 0.15) is 12.2 Å². The molecular formula is C18H15FN2O4. The number of nitro benzene ring substituents is 1. The molecule has 0 bridgehead atoms. The lowest BCUT2D eigenvalue weighted by Crippen LogP contribution is -2.24. The predicted molar refractivity (Wildman–Crippen MR) is 89.2 cm³/mol. The summed E-state index contributed by atoms with van der Waals surface area (Å²) < 4.78 is 18.4. The molecule has 1 amide bonds. The molecule has 2 aromatic rings. The van der Waals surface area contributed by atoms with Crippen molar-refractivity contribution in [3.63, 3.8) is 0 Å². The summed E-state index contributed by atoms with van der Waals surface area (Å²) in [6, 6.07) is 13.0. The first-order chi connectivity index (χ1) is 12.1. The number of nitro groups is 1. The quantitative estimate of drug-likeness (QED) is 0.391. The molecule has 128 valence electrons. The fourth-order valence-corrected chi connectivity index (χ4v) is 1.96. The van der Waals surface area contributed by atoms with E-state index in [9.17, 15) is 19.3 Å². The average molecular weight is 342 g/mol. The van der Waals surface area contributed by atoms with Crippen LogP contribution in [0.2, 0.25) is 0 Å². The van der Waals surface area contributed by atoms with Gasteiger partial charge in [0.25, 0.3) is 0 Å². The van der Waals surface area contributed by atoms with Gasteiger partial charge in [0, 0.05) is 13.0 Å². The van der Waals surface area contributed by atoms with Crippen LogP contribution >= 0.6 is 0 Å². The highest BCUT2D eigenvalue weighted by Crippen LogP contribution is 2.21. The smallest absolute Gasteiger partial charge is 0.407 e. The zero-order chi connectivity index (χ0) is 18.1. The van der Waals surface area contributed by atoms with E-state index in [1.165, 1.54) is 12.1 Å². The topological polar surface area (TPSA) is 81.5 Å². The van der Waals surface area contributed by atoms with Crippen LogP contribution in [0.1, 0.15) is 17.5 Å². The molecule has 0 fully saturated rings. The molecule has 0 unspecified atom stereocenters. The van der Waals surface area contributed by atoms with E-state index < -0.39 is 22.5 Å². The highest BCUT2D eigenvalue weighted by molar-refractivity contribution is 5.67. The Morgan fingerprint density at radius 3 is 2.68 bits per heavy atom. The molecule has 2 aromatic carbocycles. The third kappa shape index (κ3) is 5.62. The van der Waals surface area contributed by atoms with Crippen molar-refractivity contribution in [1.82, 2.24) is 5.32 Å². The first-order valence-electron chi connectivity index (χ1n) is 7.44. The van der Waals surface area contributed by atoms with E-state index in [2.05, 4.69) is 17.2 Å². The lowest BCUT2D eigenvalue weighted by atomic mass is 10.1. The molecule has 0 atom stereocenters. The molecule has 0 spiro atoms. The molecule has 0 saturated heterocycles. The fraction of sp³-hybridized carbons (Fsp3) is 0.167. The molecule has 7 heteroatoms. The number of hydrogen-bond donors (Lipinski definition) is 1. The maximum absolute atomic E-state index is 13.4. The van der Waals surface area contributed by atoms with Crippen LogP contribution in [0.3, 0.4) is 0 Å². The van der Waals surface area contributed by atoms with Crippen molar-refractivity contribution < 1.29 is 18.8 Å². The number of ether oxygens (including phenoxy) is 1. The summed E-state index contributed by atoms with van der Waals surface area (Å²) in [4.78, 5) is 21.5. The summed E-state index contributed by atoms with van der Waals surface area (Å²) in [5.74, 6) is 4.27. The Hall–Kier alpha value is -3.40. The average Bonchev–Trinajstić information content (AvgIpc) is 2.60. The third-order valence-corrected chi connectivity index (χ3v) is 3.12. The van der Waals surface area contributed by atoms with E-state index in [4.69, 9.17) is 4.74 Å². The second-order valence-electron chi connectivity index (χ2n) is 4.93. The van der Waals surface area contributed by atoms with Crippen LogP contribution in [-0.2, 0) is 11.3 Å². The van der Waals surface area contributed by atoms with Crippen molar-refractivity contribution in [2.45, 2.75) is 13.0 Å². The second-order valence-corrected chi connectivity index (χ2v) is 4.93. The minimum atomic E-state index is -0.931. The van der Waals surface area contributed by atoms with Crippen molar-refractivity contribution in [1.29, 1.82) is 0 Å². The number of rotatable bonds is 5. The lowest BCUT2D eigenvalue weighted by molar-refractivity contribution is -0.387. The standard InChI is InChI=1S/C18H15FN2O4/c19-16-11-6-10-15(17(16)21(23)24)9-4-5-12-20-18(22)25-13-14-7-2-1-3-8-14/h1-3,6-8,10-11H,5,12-13H2,(H,20,22). The van der Waals surface area contributed by atoms with Gasteiger partial charge in [-0.25, -0.2) is 4.79 Å². The molecule has 25 heavy (non-hydrogen) atoms. The van der Waals surface area contributed by atoms with Crippen molar-refractivity contribution in [2.24, 2.45) is 0 Å². The van der Waals surface area contributed by atoms with E-state index >= 15 is 0 Å². The van der Waals surface area contributed by atoms with Crippen LogP contribution in [0.15, 0.2) is 48.5 Å². The molecule has 0 aliphatic heterocycles. The zero-order valence-electron chi connectivity index (χ0n) is 13.2. The molecule has 1 N–H and O–H groups in total. The van der Waals surface area contributed by atoms with Crippen LogP contribution in [-0.4, -0.2) is 17.6 Å². The van der Waals surface area contributed by atoms with Gasteiger partial charge in [-0.15, -0.1) is 0 Å². The Balaban J connectivity index is 1.79. The third-order valence-electron chi connectivity index (χ3n) is 3.12. The minimum absolute atomic E-state index is 0.00310. The van der Waals surface area contributed by atoms with E-state index in [1.807, 2.05) is 30.3 Å². The maximum Gasteiger partial charge on any atom is 0.407 e. The molecule has 0 heterocycles. The van der Waals surface area contributed by atoms with E-state index in [1.54, 1.807) is 0 Å². The first-order valence-corrected chi connectivity index (χ1v) is 7.44. The van der Waals surface area contributed by atoms with Gasteiger partial charge in [0.05, 0.1) is 4.92 Å². The van der Waals surface area contributed by atoms with Gasteiger partial charge in [0.2, 0.25) is 5.82 Å². The number of carbonyl (C=O) groups excluding carboxylic acids is 1. The number of benzene rings is 2. The van der Waals surface area contributed by atoms with Gasteiger partial charge >= 0.3 is 11.8 Å². The molecule has 0 aromatic heterocycles. The molecule has 0 aliphatic rings. The first kappa shape index (κ1) is 17.9. The van der Waals surface area contributed by atoms with Crippen LogP contribution in [0.4, 0.5) is 14.9 Å². The number of para-hydroxylation sites is 1. The van der Waals surface area contributed by atoms with E-state index in [0.29, 0.717) is 0 Å². The van der Waals surface area contributed by atoms with Crippen molar-refractivity contribution in [3.05, 3.63) is 75.6 Å². The van der Waals surface area contributed by atoms with Gasteiger partial charge < -0.3 is 10.1 Å².